The number of carbonyl (C=O) groups excluding carboxylic acids is 2. The van der Waals surface area contributed by atoms with Crippen molar-refractivity contribution in [3.8, 4) is 0 Å². The first kappa shape index (κ1) is 26.2. The van der Waals surface area contributed by atoms with Gasteiger partial charge in [-0.3, -0.25) is 9.59 Å². The van der Waals surface area contributed by atoms with Crippen LogP contribution in [0.3, 0.4) is 0 Å². The molecule has 0 N–H and O–H groups in total. The molecule has 15 heteroatoms. The molecule has 0 saturated carbocycles. The number of hydrogen-bond donors (Lipinski definition) is 0. The van der Waals surface area contributed by atoms with Crippen molar-refractivity contribution in [2.24, 2.45) is 5.11 Å². The zero-order valence-electron chi connectivity index (χ0n) is 16.9. The second-order valence-corrected chi connectivity index (χ2v) is 8.49. The third-order valence-corrected chi connectivity index (χ3v) is 5.77. The normalized spacial score (nSPS) is 25.5. The van der Waals surface area contributed by atoms with Crippen molar-refractivity contribution in [3.63, 3.8) is 0 Å². The number of pyridine rings is 1. The molecular weight excluding hydrogens is 525 g/mol. The molecule has 2 heterocycles. The Balaban J connectivity index is 2.48. The first-order valence-corrected chi connectivity index (χ1v) is 10.6. The van der Waals surface area contributed by atoms with Gasteiger partial charge in [0, 0.05) is 41.4 Å². The predicted octanol–water partition coefficient (Wildman–Crippen LogP) is 3.87. The van der Waals surface area contributed by atoms with Crippen molar-refractivity contribution in [3.05, 3.63) is 32.9 Å². The quantitative estimate of drug-likeness (QED) is 0.219. The van der Waals surface area contributed by atoms with Gasteiger partial charge in [-0.1, -0.05) is 16.9 Å². The summed E-state index contributed by atoms with van der Waals surface area (Å²) in [5, 5.41) is 3.63. The molecule has 2 rings (SSSR count). The van der Waals surface area contributed by atoms with Gasteiger partial charge < -0.3 is 18.9 Å². The Kier molecular flexibility index (Phi) is 9.16. The molecule has 176 valence electrons. The highest BCUT2D eigenvalue weighted by Gasteiger charge is 2.49. The lowest BCUT2D eigenvalue weighted by atomic mass is 9.97. The average molecular weight is 543 g/mol. The van der Waals surface area contributed by atoms with Crippen LogP contribution in [-0.2, 0) is 34.7 Å². The number of methoxy groups -OCH3 is 1. The van der Waals surface area contributed by atoms with E-state index in [1.54, 1.807) is 0 Å². The van der Waals surface area contributed by atoms with Crippen LogP contribution in [0, 0.1) is 0 Å². The number of aromatic nitrogens is 1. The van der Waals surface area contributed by atoms with Crippen molar-refractivity contribution in [2.45, 2.75) is 54.7 Å². The van der Waals surface area contributed by atoms with Crippen LogP contribution in [0.15, 0.2) is 26.7 Å². The monoisotopic (exact) mass is 542 g/mol. The molecule has 1 saturated heterocycles. The van der Waals surface area contributed by atoms with Crippen molar-refractivity contribution in [2.75, 3.05) is 13.7 Å². The Hall–Kier alpha value is -2.06. The fraction of sp³-hybridized carbons (Fsp3) is 0.588. The van der Waals surface area contributed by atoms with Gasteiger partial charge in [-0.2, -0.15) is 13.2 Å². The van der Waals surface area contributed by atoms with E-state index in [-0.39, 0.29) is 4.90 Å². The molecule has 1 aliphatic heterocycles. The minimum atomic E-state index is -4.75. The number of azide groups is 1. The van der Waals surface area contributed by atoms with Gasteiger partial charge in [0.05, 0.1) is 0 Å². The summed E-state index contributed by atoms with van der Waals surface area (Å²) >= 11 is 3.72. The summed E-state index contributed by atoms with van der Waals surface area (Å²) in [6.07, 6.45) is -7.22. The summed E-state index contributed by atoms with van der Waals surface area (Å²) in [5.41, 5.74) is 6.70. The van der Waals surface area contributed by atoms with E-state index in [4.69, 9.17) is 24.5 Å². The molecule has 0 aliphatic carbocycles. The Bertz CT molecular complexity index is 902. The number of hydrogen-bond acceptors (Lipinski definition) is 9. The topological polar surface area (TPSA) is 133 Å². The molecule has 3 unspecified atom stereocenters. The van der Waals surface area contributed by atoms with Crippen LogP contribution in [0.1, 0.15) is 19.5 Å². The zero-order chi connectivity index (χ0) is 24.1. The van der Waals surface area contributed by atoms with E-state index in [2.05, 4.69) is 30.9 Å². The van der Waals surface area contributed by atoms with Crippen LogP contribution in [0.25, 0.3) is 10.4 Å². The molecule has 0 aromatic carbocycles. The summed E-state index contributed by atoms with van der Waals surface area (Å²) in [6.45, 7) is 1.85. The standard InChI is InChI=1S/C17H18BrF3N4O6S/c1-7(26)29-6-10-13(30-8(2)27)12(24-25-22)14(28-3)16(31-10)32-11-4-9(18)5-23-15(11)17(19,20)21/h4-5,10,12-14,16H,6H2,1-3H3/t10?,12?,13-,14?,16+/m0/s1. The number of alkyl halides is 3. The molecule has 1 fully saturated rings. The molecule has 10 nitrogen and oxygen atoms in total. The maximum atomic E-state index is 13.5. The van der Waals surface area contributed by atoms with E-state index < -0.39 is 60.2 Å². The van der Waals surface area contributed by atoms with Gasteiger partial charge >= 0.3 is 18.1 Å². The summed E-state index contributed by atoms with van der Waals surface area (Å²) in [7, 11) is 1.24. The van der Waals surface area contributed by atoms with Crippen LogP contribution in [-0.4, -0.2) is 60.4 Å². The number of esters is 2. The molecule has 0 radical (unpaired) electrons. The molecule has 1 aromatic heterocycles. The SMILES string of the molecule is COC1C(N=[N+]=[N-])[C@@H](OC(C)=O)C(COC(C)=O)O[C@@H]1Sc1cc(Br)cnc1C(F)(F)F. The summed E-state index contributed by atoms with van der Waals surface area (Å²) in [4.78, 5) is 28.8. The lowest BCUT2D eigenvalue weighted by molar-refractivity contribution is -0.196. The molecule has 32 heavy (non-hydrogen) atoms. The van der Waals surface area contributed by atoms with Crippen LogP contribution in [0.5, 0.6) is 0 Å². The van der Waals surface area contributed by atoms with Gasteiger partial charge in [-0.05, 0) is 27.5 Å². The molecule has 0 amide bonds. The number of carbonyl (C=O) groups is 2. The van der Waals surface area contributed by atoms with Gasteiger partial charge in [-0.15, -0.1) is 0 Å². The maximum Gasteiger partial charge on any atom is 0.434 e. The minimum Gasteiger partial charge on any atom is -0.463 e. The zero-order valence-corrected chi connectivity index (χ0v) is 19.3. The summed E-state index contributed by atoms with van der Waals surface area (Å²) < 4.78 is 62.0. The Morgan fingerprint density at radius 1 is 1.34 bits per heavy atom. The molecule has 1 aliphatic rings. The first-order chi connectivity index (χ1) is 15.0. The van der Waals surface area contributed by atoms with E-state index in [0.29, 0.717) is 16.2 Å². The highest BCUT2D eigenvalue weighted by atomic mass is 79.9. The lowest BCUT2D eigenvalue weighted by Gasteiger charge is -2.43. The average Bonchev–Trinajstić information content (AvgIpc) is 2.67. The molecule has 5 atom stereocenters. The number of rotatable bonds is 7. The van der Waals surface area contributed by atoms with Gasteiger partial charge in [0.25, 0.3) is 0 Å². The van der Waals surface area contributed by atoms with Gasteiger partial charge in [-0.25, -0.2) is 4.98 Å². The lowest BCUT2D eigenvalue weighted by Crippen LogP contribution is -2.59. The third kappa shape index (κ3) is 6.72. The fourth-order valence-electron chi connectivity index (χ4n) is 2.95. The number of thioether (sulfide) groups is 1. The van der Waals surface area contributed by atoms with Crippen molar-refractivity contribution >= 4 is 39.6 Å². The van der Waals surface area contributed by atoms with Crippen molar-refractivity contribution in [1.82, 2.24) is 4.98 Å². The van der Waals surface area contributed by atoms with E-state index in [9.17, 15) is 22.8 Å². The third-order valence-electron chi connectivity index (χ3n) is 4.16. The van der Waals surface area contributed by atoms with Gasteiger partial charge in [0.2, 0.25) is 0 Å². The minimum absolute atomic E-state index is 0.282. The van der Waals surface area contributed by atoms with Gasteiger partial charge in [0.1, 0.15) is 36.4 Å². The maximum absolute atomic E-state index is 13.5. The summed E-state index contributed by atoms with van der Waals surface area (Å²) in [5.74, 6) is -1.40. The van der Waals surface area contributed by atoms with Crippen LogP contribution >= 0.6 is 27.7 Å². The smallest absolute Gasteiger partial charge is 0.434 e. The van der Waals surface area contributed by atoms with Crippen LogP contribution in [0.2, 0.25) is 0 Å². The van der Waals surface area contributed by atoms with E-state index >= 15 is 0 Å². The Labute approximate surface area is 192 Å². The largest absolute Gasteiger partial charge is 0.463 e. The van der Waals surface area contributed by atoms with Crippen molar-refractivity contribution in [1.29, 1.82) is 0 Å². The van der Waals surface area contributed by atoms with E-state index in [0.717, 1.165) is 20.0 Å². The Morgan fingerprint density at radius 3 is 2.56 bits per heavy atom. The molecular formula is C17H18BrF3N4O6S. The van der Waals surface area contributed by atoms with Gasteiger partial charge in [0.15, 0.2) is 5.69 Å². The highest BCUT2D eigenvalue weighted by Crippen LogP contribution is 2.42. The molecule has 0 spiro atoms. The van der Waals surface area contributed by atoms with Crippen molar-refractivity contribution < 1.29 is 41.7 Å². The summed E-state index contributed by atoms with van der Waals surface area (Å²) in [6, 6.07) is 0.0217. The highest BCUT2D eigenvalue weighted by molar-refractivity contribution is 9.10. The fourth-order valence-corrected chi connectivity index (χ4v) is 4.76. The molecule has 0 bridgehead atoms. The Morgan fingerprint density at radius 2 is 2.03 bits per heavy atom. The van der Waals surface area contributed by atoms with Crippen LogP contribution in [0.4, 0.5) is 13.2 Å². The number of halogens is 4. The van der Waals surface area contributed by atoms with Crippen LogP contribution < -0.4 is 0 Å². The first-order valence-electron chi connectivity index (χ1n) is 8.90. The number of nitrogens with zero attached hydrogens (tertiary/aromatic N) is 4. The number of ether oxygens (including phenoxy) is 4. The van der Waals surface area contributed by atoms with E-state index in [1.165, 1.54) is 13.2 Å². The van der Waals surface area contributed by atoms with E-state index in [1.807, 2.05) is 0 Å². The predicted molar refractivity (Wildman–Crippen MR) is 107 cm³/mol. The second kappa shape index (κ2) is 11.2. The molecule has 1 aromatic rings. The second-order valence-electron chi connectivity index (χ2n) is 6.43.